The summed E-state index contributed by atoms with van der Waals surface area (Å²) in [5.74, 6) is 2.71. The van der Waals surface area contributed by atoms with E-state index in [9.17, 15) is 8.42 Å². The van der Waals surface area contributed by atoms with Gasteiger partial charge in [-0.15, -0.1) is 0 Å². The van der Waals surface area contributed by atoms with E-state index in [0.29, 0.717) is 19.5 Å². The number of benzene rings is 3. The zero-order chi connectivity index (χ0) is 28.6. The Morgan fingerprint density at radius 1 is 0.650 bits per heavy atom. The van der Waals surface area contributed by atoms with Gasteiger partial charge >= 0.3 is 0 Å². The van der Waals surface area contributed by atoms with Gasteiger partial charge in [0.25, 0.3) is 0 Å². The molecule has 7 nitrogen and oxygen atoms in total. The maximum Gasteiger partial charge on any atom is 0.164 e. The summed E-state index contributed by atoms with van der Waals surface area (Å²) in [5.41, 5.74) is 4.78. The average molecular weight is 569 g/mol. The lowest BCUT2D eigenvalue weighted by molar-refractivity contribution is 0.351. The van der Waals surface area contributed by atoms with Crippen molar-refractivity contribution in [2.45, 2.75) is 32.1 Å². The van der Waals surface area contributed by atoms with E-state index in [2.05, 4.69) is 41.0 Å². The van der Waals surface area contributed by atoms with Crippen LogP contribution in [0.1, 0.15) is 28.7 Å². The highest BCUT2D eigenvalue weighted by atomic mass is 32.2. The molecular formula is C32H44N2O5S. The zero-order valence-corrected chi connectivity index (χ0v) is 24.9. The van der Waals surface area contributed by atoms with Crippen molar-refractivity contribution in [2.75, 3.05) is 59.0 Å². The lowest BCUT2D eigenvalue weighted by Gasteiger charge is -2.17. The Bertz CT molecular complexity index is 1270. The smallest absolute Gasteiger partial charge is 0.164 e. The van der Waals surface area contributed by atoms with Crippen molar-refractivity contribution in [1.82, 2.24) is 10.6 Å². The summed E-state index contributed by atoms with van der Waals surface area (Å²) in [4.78, 5) is 0. The fourth-order valence-electron chi connectivity index (χ4n) is 4.73. The molecule has 0 fully saturated rings. The summed E-state index contributed by atoms with van der Waals surface area (Å²) in [6.07, 6.45) is 3.96. The molecule has 0 heterocycles. The van der Waals surface area contributed by atoms with Crippen LogP contribution < -0.4 is 24.8 Å². The summed E-state index contributed by atoms with van der Waals surface area (Å²) in [7, 11) is 1.93. The molecule has 8 heteroatoms. The number of methoxy groups -OCH3 is 3. The van der Waals surface area contributed by atoms with Crippen LogP contribution in [0.15, 0.2) is 66.7 Å². The SMILES string of the molecule is COc1cccc(CCc2c(CCNCCCS(=O)(=O)CCNCCc3ccccc3)ccc(OC)c2OC)c1. The fourth-order valence-corrected chi connectivity index (χ4v) is 5.98. The number of nitrogens with one attached hydrogen (secondary N) is 2. The number of rotatable bonds is 19. The van der Waals surface area contributed by atoms with Gasteiger partial charge < -0.3 is 24.8 Å². The van der Waals surface area contributed by atoms with Gasteiger partial charge in [0.2, 0.25) is 0 Å². The van der Waals surface area contributed by atoms with Crippen molar-refractivity contribution in [3.8, 4) is 17.2 Å². The van der Waals surface area contributed by atoms with Crippen LogP contribution in [0.4, 0.5) is 0 Å². The minimum absolute atomic E-state index is 0.171. The summed E-state index contributed by atoms with van der Waals surface area (Å²) in [6, 6.07) is 22.4. The van der Waals surface area contributed by atoms with E-state index >= 15 is 0 Å². The van der Waals surface area contributed by atoms with Crippen molar-refractivity contribution in [1.29, 1.82) is 0 Å². The van der Waals surface area contributed by atoms with E-state index in [1.807, 2.05) is 36.4 Å². The molecule has 0 unspecified atom stereocenters. The van der Waals surface area contributed by atoms with Crippen LogP contribution in [0.5, 0.6) is 17.2 Å². The first-order valence-electron chi connectivity index (χ1n) is 14.0. The second kappa shape index (κ2) is 16.9. The van der Waals surface area contributed by atoms with Gasteiger partial charge in [0.15, 0.2) is 21.3 Å². The fraction of sp³-hybridized carbons (Fsp3) is 0.438. The van der Waals surface area contributed by atoms with Crippen LogP contribution in [0.3, 0.4) is 0 Å². The van der Waals surface area contributed by atoms with Gasteiger partial charge in [0, 0.05) is 12.1 Å². The molecule has 0 bridgehead atoms. The van der Waals surface area contributed by atoms with Gasteiger partial charge in [-0.1, -0.05) is 48.5 Å². The van der Waals surface area contributed by atoms with Gasteiger partial charge in [-0.3, -0.25) is 0 Å². The summed E-state index contributed by atoms with van der Waals surface area (Å²) in [5, 5.41) is 6.66. The van der Waals surface area contributed by atoms with E-state index < -0.39 is 9.84 Å². The largest absolute Gasteiger partial charge is 0.497 e. The Hall–Kier alpha value is -3.07. The van der Waals surface area contributed by atoms with Crippen molar-refractivity contribution in [3.05, 3.63) is 89.0 Å². The zero-order valence-electron chi connectivity index (χ0n) is 24.1. The first-order valence-corrected chi connectivity index (χ1v) is 15.8. The van der Waals surface area contributed by atoms with Gasteiger partial charge in [-0.05, 0) is 86.6 Å². The van der Waals surface area contributed by atoms with Crippen molar-refractivity contribution < 1.29 is 22.6 Å². The maximum atomic E-state index is 12.4. The van der Waals surface area contributed by atoms with Gasteiger partial charge in [-0.2, -0.15) is 0 Å². The number of hydrogen-bond acceptors (Lipinski definition) is 7. The molecule has 0 radical (unpaired) electrons. The molecule has 0 atom stereocenters. The monoisotopic (exact) mass is 568 g/mol. The lowest BCUT2D eigenvalue weighted by atomic mass is 9.96. The van der Waals surface area contributed by atoms with Crippen molar-refractivity contribution in [2.24, 2.45) is 0 Å². The molecule has 0 amide bonds. The van der Waals surface area contributed by atoms with Gasteiger partial charge in [0.05, 0.1) is 32.8 Å². The van der Waals surface area contributed by atoms with Crippen molar-refractivity contribution in [3.63, 3.8) is 0 Å². The van der Waals surface area contributed by atoms with Crippen LogP contribution in [-0.4, -0.2) is 67.4 Å². The normalized spacial score (nSPS) is 11.4. The molecule has 0 aliphatic carbocycles. The molecule has 0 aliphatic rings. The predicted octanol–water partition coefficient (Wildman–Crippen LogP) is 4.27. The Labute approximate surface area is 240 Å². The van der Waals surface area contributed by atoms with Gasteiger partial charge in [-0.25, -0.2) is 8.42 Å². The number of sulfone groups is 1. The summed E-state index contributed by atoms with van der Waals surface area (Å²) >= 11 is 0. The number of aryl methyl sites for hydroxylation is 1. The van der Waals surface area contributed by atoms with E-state index in [1.165, 1.54) is 16.7 Å². The van der Waals surface area contributed by atoms with Crippen LogP contribution >= 0.6 is 0 Å². The molecule has 0 spiro atoms. The highest BCUT2D eigenvalue weighted by Gasteiger charge is 2.15. The lowest BCUT2D eigenvalue weighted by Crippen LogP contribution is -2.27. The van der Waals surface area contributed by atoms with Crippen LogP contribution in [-0.2, 0) is 35.5 Å². The second-order valence-corrected chi connectivity index (χ2v) is 12.1. The molecule has 3 rings (SSSR count). The molecular weight excluding hydrogens is 524 g/mol. The molecule has 0 saturated carbocycles. The second-order valence-electron chi connectivity index (χ2n) is 9.78. The molecule has 0 aliphatic heterocycles. The molecule has 0 saturated heterocycles. The van der Waals surface area contributed by atoms with Gasteiger partial charge in [0.1, 0.15) is 5.75 Å². The molecule has 2 N–H and O–H groups in total. The van der Waals surface area contributed by atoms with E-state index in [0.717, 1.165) is 61.6 Å². The standard InChI is InChI=1S/C32H44N2O5S/c1-37-29-12-7-11-27(25-29)13-15-30-28(14-16-31(38-2)32(30)39-3)18-21-33-19-8-23-40(35,36)24-22-34-20-17-26-9-5-4-6-10-26/h4-7,9-12,14,16,25,33-34H,8,13,15,17-24H2,1-3H3. The third-order valence-electron chi connectivity index (χ3n) is 6.95. The average Bonchev–Trinajstić information content (AvgIpc) is 2.98. The van der Waals surface area contributed by atoms with Crippen molar-refractivity contribution >= 4 is 9.84 Å². The first-order chi connectivity index (χ1) is 19.5. The van der Waals surface area contributed by atoms with E-state index in [1.54, 1.807) is 21.3 Å². The molecule has 218 valence electrons. The minimum Gasteiger partial charge on any atom is -0.497 e. The Morgan fingerprint density at radius 3 is 2.15 bits per heavy atom. The molecule has 40 heavy (non-hydrogen) atoms. The Balaban J connectivity index is 1.42. The molecule has 3 aromatic rings. The molecule has 3 aromatic carbocycles. The Kier molecular flexibility index (Phi) is 13.3. The summed E-state index contributed by atoms with van der Waals surface area (Å²) in [6.45, 7) is 2.68. The number of hydrogen-bond donors (Lipinski definition) is 2. The third kappa shape index (κ3) is 10.5. The minimum atomic E-state index is -3.07. The topological polar surface area (TPSA) is 85.9 Å². The van der Waals surface area contributed by atoms with Crippen LogP contribution in [0.2, 0.25) is 0 Å². The van der Waals surface area contributed by atoms with E-state index in [4.69, 9.17) is 14.2 Å². The van der Waals surface area contributed by atoms with Crippen LogP contribution in [0.25, 0.3) is 0 Å². The quantitative estimate of drug-likeness (QED) is 0.209. The van der Waals surface area contributed by atoms with E-state index in [-0.39, 0.29) is 11.5 Å². The molecule has 0 aromatic heterocycles. The summed E-state index contributed by atoms with van der Waals surface area (Å²) < 4.78 is 41.5. The highest BCUT2D eigenvalue weighted by molar-refractivity contribution is 7.91. The Morgan fingerprint density at radius 2 is 1.40 bits per heavy atom. The third-order valence-corrected chi connectivity index (χ3v) is 8.68. The van der Waals surface area contributed by atoms with Crippen LogP contribution in [0, 0.1) is 0 Å². The first kappa shape index (κ1) is 31.5. The highest BCUT2D eigenvalue weighted by Crippen LogP contribution is 2.34. The maximum absolute atomic E-state index is 12.4. The number of ether oxygens (including phenoxy) is 3. The predicted molar refractivity (Wildman–Crippen MR) is 163 cm³/mol.